The zero-order valence-electron chi connectivity index (χ0n) is 9.03. The second-order valence-corrected chi connectivity index (χ2v) is 3.53. The highest BCUT2D eigenvalue weighted by Crippen LogP contribution is 2.20. The highest BCUT2D eigenvalue weighted by Gasteiger charge is 2.07. The molecule has 2 rings (SSSR count). The molecule has 0 bridgehead atoms. The van der Waals surface area contributed by atoms with Gasteiger partial charge in [0.1, 0.15) is 0 Å². The lowest BCUT2D eigenvalue weighted by Crippen LogP contribution is -2.72. The van der Waals surface area contributed by atoms with Crippen molar-refractivity contribution in [2.45, 2.75) is 6.92 Å². The van der Waals surface area contributed by atoms with Crippen LogP contribution in [0.25, 0.3) is 11.1 Å². The zero-order chi connectivity index (χ0) is 11.5. The van der Waals surface area contributed by atoms with Crippen LogP contribution >= 0.6 is 0 Å². The summed E-state index contributed by atoms with van der Waals surface area (Å²) in [6.07, 6.45) is 3.46. The molecule has 16 heavy (non-hydrogen) atoms. The molecule has 0 saturated heterocycles. The summed E-state index contributed by atoms with van der Waals surface area (Å²) in [7, 11) is 3.62. The molecule has 0 aliphatic rings. The van der Waals surface area contributed by atoms with Crippen molar-refractivity contribution in [3.8, 4) is 11.1 Å². The van der Waals surface area contributed by atoms with Crippen LogP contribution in [0.3, 0.4) is 0 Å². The molecule has 0 radical (unpaired) electrons. The number of quaternary nitrogens is 1. The third-order valence-corrected chi connectivity index (χ3v) is 2.48. The van der Waals surface area contributed by atoms with Crippen LogP contribution in [-0.2, 0) is 0 Å². The first-order valence-corrected chi connectivity index (χ1v) is 4.99. The first-order valence-electron chi connectivity index (χ1n) is 4.99. The lowest BCUT2D eigenvalue weighted by atomic mass is 10.1. The molecule has 0 unspecified atom stereocenters. The number of aromatic nitrogens is 2. The third-order valence-electron chi connectivity index (χ3n) is 2.48. The number of H-pyrrole nitrogens is 1. The summed E-state index contributed by atoms with van der Waals surface area (Å²) in [5, 5.41) is 1.56. The fourth-order valence-electron chi connectivity index (χ4n) is 1.62. The van der Waals surface area contributed by atoms with Crippen LogP contribution < -0.4 is 10.9 Å². The highest BCUT2D eigenvalue weighted by atomic mass is 16.1. The Morgan fingerprint density at radius 3 is 2.69 bits per heavy atom. The van der Waals surface area contributed by atoms with Crippen LogP contribution in [0.15, 0.2) is 35.4 Å². The fraction of sp³-hybridized carbons (Fsp3) is 0.0833. The minimum atomic E-state index is -0.106. The van der Waals surface area contributed by atoms with Crippen molar-refractivity contribution >= 4 is 5.69 Å². The number of aromatic amines is 1. The van der Waals surface area contributed by atoms with Gasteiger partial charge in [0.05, 0.1) is 0 Å². The number of hydrogen-bond acceptors (Lipinski definition) is 2. The van der Waals surface area contributed by atoms with Crippen LogP contribution in [0.1, 0.15) is 5.69 Å². The molecular formula is C12H13N3O. The van der Waals surface area contributed by atoms with E-state index >= 15 is 0 Å². The molecular weight excluding hydrogens is 202 g/mol. The standard InChI is InChI=1S/C12H13N3O/c1-8-10(9-3-5-14-6-4-9)7-11(13-2)12(16)15-8/h3-7H,2,13H2,1H3,(H,15,16). The van der Waals surface area contributed by atoms with E-state index in [4.69, 9.17) is 0 Å². The molecule has 0 amide bonds. The molecule has 2 aromatic heterocycles. The van der Waals surface area contributed by atoms with E-state index in [2.05, 4.69) is 17.0 Å². The largest absolute Gasteiger partial charge is 0.441 e. The molecule has 0 aliphatic carbocycles. The maximum absolute atomic E-state index is 11.5. The molecule has 0 aliphatic heterocycles. The number of nitrogens with one attached hydrogen (secondary N) is 1. The second-order valence-electron chi connectivity index (χ2n) is 3.53. The van der Waals surface area contributed by atoms with Crippen LogP contribution in [0.2, 0.25) is 0 Å². The van der Waals surface area contributed by atoms with Crippen molar-refractivity contribution in [1.29, 1.82) is 0 Å². The van der Waals surface area contributed by atoms with Gasteiger partial charge in [-0.1, -0.05) is 0 Å². The van der Waals surface area contributed by atoms with Gasteiger partial charge in [-0.05, 0) is 24.6 Å². The first kappa shape index (κ1) is 10.6. The third kappa shape index (κ3) is 1.87. The van der Waals surface area contributed by atoms with E-state index in [0.29, 0.717) is 5.69 Å². The van der Waals surface area contributed by atoms with Gasteiger partial charge in [0, 0.05) is 29.7 Å². The quantitative estimate of drug-likeness (QED) is 0.725. The Kier molecular flexibility index (Phi) is 2.83. The molecule has 3 N–H and O–H groups in total. The average Bonchev–Trinajstić information content (AvgIpc) is 2.30. The van der Waals surface area contributed by atoms with Crippen molar-refractivity contribution < 1.29 is 5.32 Å². The fourth-order valence-corrected chi connectivity index (χ4v) is 1.62. The van der Waals surface area contributed by atoms with Crippen molar-refractivity contribution in [3.63, 3.8) is 0 Å². The Bertz CT molecular complexity index is 546. The number of nitrogens with zero attached hydrogens (tertiary/aromatic N) is 1. The van der Waals surface area contributed by atoms with Gasteiger partial charge >= 0.3 is 5.56 Å². The minimum Gasteiger partial charge on any atom is -0.441 e. The summed E-state index contributed by atoms with van der Waals surface area (Å²) in [5.41, 5.74) is 3.35. The molecule has 0 spiro atoms. The average molecular weight is 215 g/mol. The van der Waals surface area contributed by atoms with Crippen molar-refractivity contribution in [2.75, 3.05) is 0 Å². The molecule has 0 fully saturated rings. The number of pyridine rings is 2. The Hall–Kier alpha value is -1.94. The second kappa shape index (κ2) is 4.28. The Morgan fingerprint density at radius 2 is 2.06 bits per heavy atom. The predicted octanol–water partition coefficient (Wildman–Crippen LogP) is 0.732. The van der Waals surface area contributed by atoms with Crippen LogP contribution in [0.5, 0.6) is 0 Å². The van der Waals surface area contributed by atoms with Gasteiger partial charge < -0.3 is 10.3 Å². The van der Waals surface area contributed by atoms with Crippen LogP contribution in [0, 0.1) is 14.0 Å². The van der Waals surface area contributed by atoms with Crippen molar-refractivity contribution in [1.82, 2.24) is 9.97 Å². The number of rotatable bonds is 2. The smallest absolute Gasteiger partial charge is 0.306 e. The van der Waals surface area contributed by atoms with Crippen molar-refractivity contribution in [3.05, 3.63) is 53.7 Å². The summed E-state index contributed by atoms with van der Waals surface area (Å²) in [6.45, 7) is 1.88. The first-order chi connectivity index (χ1) is 7.72. The topological polar surface area (TPSA) is 62.4 Å². The highest BCUT2D eigenvalue weighted by molar-refractivity contribution is 5.67. The molecule has 2 aromatic rings. The predicted molar refractivity (Wildman–Crippen MR) is 62.0 cm³/mol. The van der Waals surface area contributed by atoms with E-state index in [9.17, 15) is 4.79 Å². The molecule has 82 valence electrons. The maximum Gasteiger partial charge on any atom is 0.306 e. The molecule has 0 atom stereocenters. The van der Waals surface area contributed by atoms with E-state index < -0.39 is 0 Å². The van der Waals surface area contributed by atoms with E-state index in [-0.39, 0.29) is 5.56 Å². The van der Waals surface area contributed by atoms with E-state index in [0.717, 1.165) is 16.8 Å². The maximum atomic E-state index is 11.5. The zero-order valence-corrected chi connectivity index (χ0v) is 9.03. The van der Waals surface area contributed by atoms with E-state index in [1.807, 2.05) is 25.1 Å². The van der Waals surface area contributed by atoms with Gasteiger partial charge in [-0.2, -0.15) is 0 Å². The molecule has 4 heteroatoms. The van der Waals surface area contributed by atoms with Crippen LogP contribution in [0.4, 0.5) is 5.69 Å². The molecule has 4 nitrogen and oxygen atoms in total. The Morgan fingerprint density at radius 1 is 1.38 bits per heavy atom. The summed E-state index contributed by atoms with van der Waals surface area (Å²) >= 11 is 0. The summed E-state index contributed by atoms with van der Waals surface area (Å²) in [6, 6.07) is 5.66. The number of nitrogens with two attached hydrogens (primary N) is 1. The number of hydrogen-bond donors (Lipinski definition) is 2. The lowest BCUT2D eigenvalue weighted by molar-refractivity contribution is -0.505. The Balaban J connectivity index is 2.62. The summed E-state index contributed by atoms with van der Waals surface area (Å²) in [4.78, 5) is 18.3. The molecule has 0 saturated carbocycles. The van der Waals surface area contributed by atoms with Gasteiger partial charge in [-0.25, -0.2) is 0 Å². The van der Waals surface area contributed by atoms with Crippen LogP contribution in [-0.4, -0.2) is 9.97 Å². The van der Waals surface area contributed by atoms with Gasteiger partial charge in [-0.15, -0.1) is 7.05 Å². The van der Waals surface area contributed by atoms with Gasteiger partial charge in [0.15, 0.2) is 5.69 Å². The molecule has 0 aromatic carbocycles. The van der Waals surface area contributed by atoms with Gasteiger partial charge in [0.2, 0.25) is 0 Å². The monoisotopic (exact) mass is 215 g/mol. The summed E-state index contributed by atoms with van der Waals surface area (Å²) in [5.74, 6) is 0. The van der Waals surface area contributed by atoms with Crippen molar-refractivity contribution in [2.24, 2.45) is 0 Å². The van der Waals surface area contributed by atoms with Gasteiger partial charge in [0.25, 0.3) is 0 Å². The Labute approximate surface area is 93.4 Å². The minimum absolute atomic E-state index is 0.106. The SMILES string of the molecule is [CH2-][NH2+]c1cc(-c2ccncc2)c(C)[nH]c1=O. The molecule has 2 heterocycles. The summed E-state index contributed by atoms with van der Waals surface area (Å²) < 4.78 is 0. The van der Waals surface area contributed by atoms with E-state index in [1.165, 1.54) is 0 Å². The lowest BCUT2D eigenvalue weighted by Gasteiger charge is -2.07. The normalized spacial score (nSPS) is 10.4. The van der Waals surface area contributed by atoms with Gasteiger partial charge in [-0.3, -0.25) is 9.78 Å². The number of aryl methyl sites for hydroxylation is 1. The van der Waals surface area contributed by atoms with E-state index in [1.54, 1.807) is 17.7 Å².